The van der Waals surface area contributed by atoms with Gasteiger partial charge in [0.2, 0.25) is 0 Å². The van der Waals surface area contributed by atoms with Gasteiger partial charge in [-0.1, -0.05) is 6.07 Å². The highest BCUT2D eigenvalue weighted by Gasteiger charge is 2.21. The van der Waals surface area contributed by atoms with Crippen LogP contribution in [-0.2, 0) is 0 Å². The monoisotopic (exact) mass is 305 g/mol. The number of anilines is 1. The molecule has 2 N–H and O–H groups in total. The van der Waals surface area contributed by atoms with Gasteiger partial charge in [-0.25, -0.2) is 0 Å². The fourth-order valence-electron chi connectivity index (χ4n) is 2.02. The van der Waals surface area contributed by atoms with E-state index >= 15 is 0 Å². The summed E-state index contributed by atoms with van der Waals surface area (Å²) >= 11 is 1.55. The van der Waals surface area contributed by atoms with Gasteiger partial charge < -0.3 is 10.6 Å². The summed E-state index contributed by atoms with van der Waals surface area (Å²) in [6.07, 6.45) is 0. The number of nitro benzene ring substituents is 1. The maximum atomic E-state index is 12.3. The Bertz CT molecular complexity index is 655. The highest BCUT2D eigenvalue weighted by atomic mass is 32.1. The Hall–Kier alpha value is -2.41. The first-order chi connectivity index (χ1) is 10.0. The Kier molecular flexibility index (Phi) is 4.54. The van der Waals surface area contributed by atoms with E-state index in [1.165, 1.54) is 12.1 Å². The summed E-state index contributed by atoms with van der Waals surface area (Å²) in [6.45, 7) is 1.87. The highest BCUT2D eigenvalue weighted by molar-refractivity contribution is 7.07. The molecule has 7 heteroatoms. The largest absolute Gasteiger partial charge is 0.382 e. The summed E-state index contributed by atoms with van der Waals surface area (Å²) in [7, 11) is 1.56. The molecule has 1 unspecified atom stereocenters. The molecule has 2 aromatic rings. The maximum Gasteiger partial charge on any atom is 0.293 e. The molecule has 0 saturated carbocycles. The second-order valence-corrected chi connectivity index (χ2v) is 5.24. The van der Waals surface area contributed by atoms with Crippen molar-refractivity contribution in [2.45, 2.75) is 13.0 Å². The second-order valence-electron chi connectivity index (χ2n) is 4.46. The zero-order chi connectivity index (χ0) is 15.4. The lowest BCUT2D eigenvalue weighted by Gasteiger charge is -2.14. The molecule has 1 aromatic carbocycles. The molecule has 0 aliphatic carbocycles. The number of thiophene rings is 1. The maximum absolute atomic E-state index is 12.3. The third-order valence-electron chi connectivity index (χ3n) is 3.12. The number of nitro groups is 1. The minimum Gasteiger partial charge on any atom is -0.382 e. The molecule has 6 nitrogen and oxygen atoms in total. The van der Waals surface area contributed by atoms with Gasteiger partial charge in [-0.15, -0.1) is 0 Å². The van der Waals surface area contributed by atoms with Crippen LogP contribution in [0.25, 0.3) is 0 Å². The van der Waals surface area contributed by atoms with Gasteiger partial charge in [-0.2, -0.15) is 11.3 Å². The van der Waals surface area contributed by atoms with Crippen LogP contribution in [-0.4, -0.2) is 17.9 Å². The standard InChI is InChI=1S/C14H15N3O3S/c1-9(10-6-7-21-8-10)16-14(18)11-4-3-5-12(17(19)20)13(11)15-2/h3-9,15H,1-2H3,(H,16,18). The van der Waals surface area contributed by atoms with Crippen LogP contribution in [0.15, 0.2) is 35.0 Å². The third-order valence-corrected chi connectivity index (χ3v) is 3.83. The Morgan fingerprint density at radius 1 is 1.38 bits per heavy atom. The van der Waals surface area contributed by atoms with Gasteiger partial charge in [-0.3, -0.25) is 14.9 Å². The summed E-state index contributed by atoms with van der Waals surface area (Å²) in [5.41, 5.74) is 1.37. The smallest absolute Gasteiger partial charge is 0.293 e. The lowest BCUT2D eigenvalue weighted by molar-refractivity contribution is -0.384. The van der Waals surface area contributed by atoms with Crippen molar-refractivity contribution < 1.29 is 9.72 Å². The minimum absolute atomic E-state index is 0.117. The number of benzene rings is 1. The number of amides is 1. The van der Waals surface area contributed by atoms with E-state index in [1.807, 2.05) is 23.8 Å². The van der Waals surface area contributed by atoms with Gasteiger partial charge in [0.25, 0.3) is 11.6 Å². The van der Waals surface area contributed by atoms with Crippen molar-refractivity contribution in [3.05, 3.63) is 56.3 Å². The number of carbonyl (C=O) groups is 1. The number of hydrogen-bond donors (Lipinski definition) is 2. The summed E-state index contributed by atoms with van der Waals surface area (Å²) in [5.74, 6) is -0.346. The van der Waals surface area contributed by atoms with Gasteiger partial charge >= 0.3 is 0 Å². The predicted molar refractivity (Wildman–Crippen MR) is 82.8 cm³/mol. The highest BCUT2D eigenvalue weighted by Crippen LogP contribution is 2.28. The first kappa shape index (κ1) is 15.0. The number of para-hydroxylation sites is 1. The first-order valence-electron chi connectivity index (χ1n) is 6.32. The molecule has 1 amide bonds. The Morgan fingerprint density at radius 2 is 2.14 bits per heavy atom. The van der Waals surface area contributed by atoms with Crippen molar-refractivity contribution in [3.8, 4) is 0 Å². The van der Waals surface area contributed by atoms with Crippen LogP contribution in [0.5, 0.6) is 0 Å². The number of hydrogen-bond acceptors (Lipinski definition) is 5. The van der Waals surface area contributed by atoms with Crippen molar-refractivity contribution >= 4 is 28.6 Å². The molecule has 1 aromatic heterocycles. The molecular formula is C14H15N3O3S. The van der Waals surface area contributed by atoms with E-state index in [9.17, 15) is 14.9 Å². The van der Waals surface area contributed by atoms with E-state index in [0.717, 1.165) is 5.56 Å². The molecule has 21 heavy (non-hydrogen) atoms. The number of carbonyl (C=O) groups excluding carboxylic acids is 1. The summed E-state index contributed by atoms with van der Waals surface area (Å²) in [6, 6.07) is 6.21. The third kappa shape index (κ3) is 3.19. The van der Waals surface area contributed by atoms with Crippen LogP contribution in [0.3, 0.4) is 0 Å². The van der Waals surface area contributed by atoms with Crippen molar-refractivity contribution in [1.82, 2.24) is 5.32 Å². The molecular weight excluding hydrogens is 290 g/mol. The SMILES string of the molecule is CNc1c(C(=O)NC(C)c2ccsc2)cccc1[N+](=O)[O-]. The Labute approximate surface area is 126 Å². The lowest BCUT2D eigenvalue weighted by atomic mass is 10.1. The summed E-state index contributed by atoms with van der Waals surface area (Å²) in [5, 5.41) is 20.5. The summed E-state index contributed by atoms with van der Waals surface area (Å²) in [4.78, 5) is 22.8. The number of nitrogens with one attached hydrogen (secondary N) is 2. The van der Waals surface area contributed by atoms with E-state index in [4.69, 9.17) is 0 Å². The molecule has 0 spiro atoms. The van der Waals surface area contributed by atoms with Gasteiger partial charge in [0.1, 0.15) is 5.69 Å². The van der Waals surface area contributed by atoms with Crippen molar-refractivity contribution in [1.29, 1.82) is 0 Å². The first-order valence-corrected chi connectivity index (χ1v) is 7.27. The Balaban J connectivity index is 2.27. The molecule has 1 atom stereocenters. The van der Waals surface area contributed by atoms with E-state index in [0.29, 0.717) is 0 Å². The molecule has 2 rings (SSSR count). The Morgan fingerprint density at radius 3 is 2.71 bits per heavy atom. The van der Waals surface area contributed by atoms with Crippen LogP contribution in [0, 0.1) is 10.1 Å². The van der Waals surface area contributed by atoms with E-state index in [1.54, 1.807) is 24.5 Å². The van der Waals surface area contributed by atoms with Crippen molar-refractivity contribution in [3.63, 3.8) is 0 Å². The summed E-state index contributed by atoms with van der Waals surface area (Å²) < 4.78 is 0. The quantitative estimate of drug-likeness (QED) is 0.656. The van der Waals surface area contributed by atoms with E-state index in [2.05, 4.69) is 10.6 Å². The van der Waals surface area contributed by atoms with E-state index < -0.39 is 4.92 Å². The van der Waals surface area contributed by atoms with Crippen LogP contribution < -0.4 is 10.6 Å². The molecule has 1 heterocycles. The van der Waals surface area contributed by atoms with Gasteiger partial charge in [0.05, 0.1) is 16.5 Å². The average molecular weight is 305 g/mol. The van der Waals surface area contributed by atoms with Crippen LogP contribution in [0.2, 0.25) is 0 Å². The van der Waals surface area contributed by atoms with Gasteiger partial charge in [-0.05, 0) is 35.4 Å². The van der Waals surface area contributed by atoms with Crippen molar-refractivity contribution in [2.24, 2.45) is 0 Å². The van der Waals surface area contributed by atoms with Gasteiger partial charge in [0.15, 0.2) is 0 Å². The fraction of sp³-hybridized carbons (Fsp3) is 0.214. The number of nitrogens with zero attached hydrogens (tertiary/aromatic N) is 1. The molecule has 0 aliphatic heterocycles. The molecule has 0 saturated heterocycles. The average Bonchev–Trinajstić information content (AvgIpc) is 3.00. The van der Waals surface area contributed by atoms with Crippen LogP contribution in [0.4, 0.5) is 11.4 Å². The zero-order valence-corrected chi connectivity index (χ0v) is 12.4. The molecule has 0 radical (unpaired) electrons. The fourth-order valence-corrected chi connectivity index (χ4v) is 2.78. The minimum atomic E-state index is -0.509. The predicted octanol–water partition coefficient (Wildman–Crippen LogP) is 3.19. The topological polar surface area (TPSA) is 84.3 Å². The lowest BCUT2D eigenvalue weighted by Crippen LogP contribution is -2.27. The van der Waals surface area contributed by atoms with Crippen molar-refractivity contribution in [2.75, 3.05) is 12.4 Å². The normalized spacial score (nSPS) is 11.7. The van der Waals surface area contributed by atoms with Crippen LogP contribution in [0.1, 0.15) is 28.9 Å². The molecule has 0 bridgehead atoms. The van der Waals surface area contributed by atoms with E-state index in [-0.39, 0.29) is 28.9 Å². The van der Waals surface area contributed by atoms with Gasteiger partial charge in [0, 0.05) is 13.1 Å². The van der Waals surface area contributed by atoms with Crippen LogP contribution >= 0.6 is 11.3 Å². The molecule has 0 fully saturated rings. The second kappa shape index (κ2) is 6.36. The molecule has 110 valence electrons. The zero-order valence-electron chi connectivity index (χ0n) is 11.6. The molecule has 0 aliphatic rings. The number of rotatable bonds is 5.